The number of hydrogen-bond acceptors (Lipinski definition) is 1. The first-order valence-corrected chi connectivity index (χ1v) is 7.24. The van der Waals surface area contributed by atoms with Crippen molar-refractivity contribution in [1.29, 1.82) is 0 Å². The first-order valence-electron chi connectivity index (χ1n) is 7.24. The number of halogens is 3. The lowest BCUT2D eigenvalue weighted by molar-refractivity contribution is 0.500. The third-order valence-corrected chi connectivity index (χ3v) is 2.87. The molecule has 1 aromatic carbocycles. The van der Waals surface area contributed by atoms with Gasteiger partial charge in [0.1, 0.15) is 0 Å². The van der Waals surface area contributed by atoms with Crippen LogP contribution in [0.15, 0.2) is 23.2 Å². The van der Waals surface area contributed by atoms with E-state index in [9.17, 15) is 8.78 Å². The maximum atomic E-state index is 13.2. The molecule has 0 aromatic heterocycles. The van der Waals surface area contributed by atoms with Gasteiger partial charge >= 0.3 is 0 Å². The molecule has 0 fully saturated rings. The van der Waals surface area contributed by atoms with Crippen molar-refractivity contribution in [3.63, 3.8) is 0 Å². The Morgan fingerprint density at radius 3 is 2.36 bits per heavy atom. The first kappa shape index (κ1) is 21.1. The van der Waals surface area contributed by atoms with Gasteiger partial charge in [-0.05, 0) is 45.4 Å². The fourth-order valence-corrected chi connectivity index (χ4v) is 1.81. The van der Waals surface area contributed by atoms with Crippen molar-refractivity contribution < 1.29 is 8.78 Å². The van der Waals surface area contributed by atoms with Crippen LogP contribution in [0.5, 0.6) is 0 Å². The summed E-state index contributed by atoms with van der Waals surface area (Å²) in [5.41, 5.74) is 0.649. The van der Waals surface area contributed by atoms with E-state index in [4.69, 9.17) is 0 Å². The van der Waals surface area contributed by atoms with Crippen LogP contribution >= 0.6 is 24.0 Å². The normalized spacial score (nSPS) is 13.3. The summed E-state index contributed by atoms with van der Waals surface area (Å²) in [4.78, 5) is 4.51. The topological polar surface area (TPSA) is 36.4 Å². The molecule has 1 unspecified atom stereocenters. The van der Waals surface area contributed by atoms with Crippen LogP contribution in [0.2, 0.25) is 0 Å². The van der Waals surface area contributed by atoms with Crippen LogP contribution in [0.4, 0.5) is 8.78 Å². The first-order chi connectivity index (χ1) is 9.73. The molecule has 0 saturated heterocycles. The second-order valence-corrected chi connectivity index (χ2v) is 6.17. The zero-order valence-corrected chi connectivity index (χ0v) is 16.2. The molecule has 2 N–H and O–H groups in total. The smallest absolute Gasteiger partial charge is 0.191 e. The molecule has 0 radical (unpaired) electrons. The van der Waals surface area contributed by atoms with Gasteiger partial charge in [0.25, 0.3) is 0 Å². The third-order valence-electron chi connectivity index (χ3n) is 2.87. The molecule has 0 spiro atoms. The molecule has 0 bridgehead atoms. The summed E-state index contributed by atoms with van der Waals surface area (Å²) in [6, 6.07) is 3.99. The number of rotatable bonds is 4. The van der Waals surface area contributed by atoms with E-state index in [0.717, 1.165) is 24.1 Å². The molecule has 0 aliphatic heterocycles. The molecule has 0 aliphatic carbocycles. The van der Waals surface area contributed by atoms with Gasteiger partial charge in [0.05, 0.1) is 0 Å². The van der Waals surface area contributed by atoms with Crippen molar-refractivity contribution in [2.45, 2.75) is 46.1 Å². The van der Waals surface area contributed by atoms with Crippen LogP contribution in [0.25, 0.3) is 0 Å². The van der Waals surface area contributed by atoms with Crippen molar-refractivity contribution >= 4 is 29.9 Å². The molecule has 126 valence electrons. The Morgan fingerprint density at radius 1 is 1.23 bits per heavy atom. The zero-order chi connectivity index (χ0) is 16.0. The van der Waals surface area contributed by atoms with Gasteiger partial charge in [-0.2, -0.15) is 0 Å². The van der Waals surface area contributed by atoms with Gasteiger partial charge in [0.15, 0.2) is 17.6 Å². The highest BCUT2D eigenvalue weighted by Gasteiger charge is 2.13. The molecule has 1 aromatic rings. The van der Waals surface area contributed by atoms with Gasteiger partial charge in [0.2, 0.25) is 0 Å². The van der Waals surface area contributed by atoms with E-state index in [2.05, 4.69) is 36.4 Å². The van der Waals surface area contributed by atoms with E-state index in [1.807, 2.05) is 13.8 Å². The molecule has 0 aliphatic rings. The molecule has 0 saturated carbocycles. The second kappa shape index (κ2) is 9.27. The van der Waals surface area contributed by atoms with E-state index in [1.54, 1.807) is 6.07 Å². The standard InChI is InChI=1S/C16H25F2N3.HI/c1-6-19-15(21-16(3,4)5)20-10-11(2)12-7-8-13(17)14(18)9-12;/h7-9,11H,6,10H2,1-5H3,(H2,19,20,21);1H. The Bertz CT molecular complexity index is 499. The molecule has 6 heteroatoms. The molecular weight excluding hydrogens is 399 g/mol. The van der Waals surface area contributed by atoms with E-state index in [0.29, 0.717) is 6.54 Å². The van der Waals surface area contributed by atoms with Gasteiger partial charge in [-0.1, -0.05) is 13.0 Å². The molecule has 3 nitrogen and oxygen atoms in total. The van der Waals surface area contributed by atoms with E-state index >= 15 is 0 Å². The molecule has 22 heavy (non-hydrogen) atoms. The highest BCUT2D eigenvalue weighted by atomic mass is 127. The fraction of sp³-hybridized carbons (Fsp3) is 0.562. The van der Waals surface area contributed by atoms with Crippen molar-refractivity contribution in [2.75, 3.05) is 13.1 Å². The fourth-order valence-electron chi connectivity index (χ4n) is 1.81. The summed E-state index contributed by atoms with van der Waals surface area (Å²) < 4.78 is 26.2. The van der Waals surface area contributed by atoms with Crippen LogP contribution < -0.4 is 10.6 Å². The lowest BCUT2D eigenvalue weighted by Crippen LogP contribution is -2.47. The van der Waals surface area contributed by atoms with Crippen molar-refractivity contribution in [1.82, 2.24) is 10.6 Å². The largest absolute Gasteiger partial charge is 0.357 e. The number of guanidine groups is 1. The van der Waals surface area contributed by atoms with Crippen LogP contribution in [-0.2, 0) is 0 Å². The van der Waals surface area contributed by atoms with Gasteiger partial charge in [0, 0.05) is 24.5 Å². The Hall–Kier alpha value is -0.920. The van der Waals surface area contributed by atoms with Crippen molar-refractivity contribution in [3.8, 4) is 0 Å². The lowest BCUT2D eigenvalue weighted by atomic mass is 10.0. The van der Waals surface area contributed by atoms with Crippen LogP contribution in [0, 0.1) is 11.6 Å². The van der Waals surface area contributed by atoms with E-state index in [1.165, 1.54) is 6.07 Å². The minimum absolute atomic E-state index is 0. The molecular formula is C16H26F2IN3. The summed E-state index contributed by atoms with van der Waals surface area (Å²) in [5, 5.41) is 6.46. The van der Waals surface area contributed by atoms with Gasteiger partial charge < -0.3 is 10.6 Å². The van der Waals surface area contributed by atoms with E-state index < -0.39 is 11.6 Å². The summed E-state index contributed by atoms with van der Waals surface area (Å²) in [7, 11) is 0. The predicted octanol–water partition coefficient (Wildman–Crippen LogP) is 4.04. The average Bonchev–Trinajstić information content (AvgIpc) is 2.37. The monoisotopic (exact) mass is 425 g/mol. The number of nitrogens with one attached hydrogen (secondary N) is 2. The quantitative estimate of drug-likeness (QED) is 0.434. The van der Waals surface area contributed by atoms with Crippen LogP contribution in [-0.4, -0.2) is 24.6 Å². The second-order valence-electron chi connectivity index (χ2n) is 6.17. The minimum atomic E-state index is -0.822. The van der Waals surface area contributed by atoms with Gasteiger partial charge in [-0.25, -0.2) is 8.78 Å². The maximum absolute atomic E-state index is 13.2. The van der Waals surface area contributed by atoms with Crippen LogP contribution in [0.1, 0.15) is 46.1 Å². The summed E-state index contributed by atoms with van der Waals surface area (Å²) in [6.07, 6.45) is 0. The number of hydrogen-bond donors (Lipinski definition) is 2. The average molecular weight is 425 g/mol. The molecule has 1 rings (SSSR count). The van der Waals surface area contributed by atoms with Crippen LogP contribution in [0.3, 0.4) is 0 Å². The lowest BCUT2D eigenvalue weighted by Gasteiger charge is -2.24. The highest BCUT2D eigenvalue weighted by Crippen LogP contribution is 2.18. The predicted molar refractivity (Wildman–Crippen MR) is 99.1 cm³/mol. The highest BCUT2D eigenvalue weighted by molar-refractivity contribution is 14.0. The minimum Gasteiger partial charge on any atom is -0.357 e. The molecule has 0 heterocycles. The number of aliphatic imine (C=N–C) groups is 1. The maximum Gasteiger partial charge on any atom is 0.191 e. The Labute approximate surface area is 149 Å². The molecule has 1 atom stereocenters. The van der Waals surface area contributed by atoms with Crippen molar-refractivity contribution in [2.24, 2.45) is 4.99 Å². The Balaban J connectivity index is 0.00000441. The molecule has 0 amide bonds. The summed E-state index contributed by atoms with van der Waals surface area (Å²) in [6.45, 7) is 11.4. The van der Waals surface area contributed by atoms with E-state index in [-0.39, 0.29) is 35.4 Å². The summed E-state index contributed by atoms with van der Waals surface area (Å²) in [5.74, 6) is -0.907. The SMILES string of the molecule is CCNC(=NCC(C)c1ccc(F)c(F)c1)NC(C)(C)C.I. The van der Waals surface area contributed by atoms with Crippen molar-refractivity contribution in [3.05, 3.63) is 35.4 Å². The Morgan fingerprint density at radius 2 is 1.86 bits per heavy atom. The van der Waals surface area contributed by atoms with Gasteiger partial charge in [-0.3, -0.25) is 4.99 Å². The number of nitrogens with zero attached hydrogens (tertiary/aromatic N) is 1. The van der Waals surface area contributed by atoms with Gasteiger partial charge in [-0.15, -0.1) is 24.0 Å². The zero-order valence-electron chi connectivity index (χ0n) is 13.8. The Kier molecular flexibility index (Phi) is 8.88. The number of benzene rings is 1. The third kappa shape index (κ3) is 7.38. The summed E-state index contributed by atoms with van der Waals surface area (Å²) >= 11 is 0.